The Hall–Kier alpha value is -3.52. The van der Waals surface area contributed by atoms with E-state index in [1.165, 1.54) is 6.07 Å². The van der Waals surface area contributed by atoms with Gasteiger partial charge >= 0.3 is 6.36 Å². The number of alkyl halides is 4. The minimum absolute atomic E-state index is 0. The Bertz CT molecular complexity index is 1370. The second kappa shape index (κ2) is 13.0. The number of likely N-dealkylation sites (tertiary alicyclic amines) is 1. The van der Waals surface area contributed by atoms with Crippen LogP contribution in [0.1, 0.15) is 60.9 Å². The monoisotopic (exact) mass is 571 g/mol. The third kappa shape index (κ3) is 7.41. The van der Waals surface area contributed by atoms with Crippen molar-refractivity contribution in [3.63, 3.8) is 0 Å². The van der Waals surface area contributed by atoms with Crippen LogP contribution in [0, 0.1) is 6.92 Å². The first-order valence-electron chi connectivity index (χ1n) is 13.7. The number of rotatable bonds is 8. The molecule has 0 saturated carbocycles. The van der Waals surface area contributed by atoms with Crippen LogP contribution in [0.15, 0.2) is 60.7 Å². The maximum absolute atomic E-state index is 12.9. The summed E-state index contributed by atoms with van der Waals surface area (Å²) in [6.07, 6.45) is -0.942. The largest absolute Gasteiger partial charge is 0.573 e. The van der Waals surface area contributed by atoms with E-state index in [2.05, 4.69) is 9.64 Å². The van der Waals surface area contributed by atoms with Crippen LogP contribution >= 0.6 is 0 Å². The highest BCUT2D eigenvalue weighted by molar-refractivity contribution is 6.00. The quantitative estimate of drug-likeness (QED) is 0.276. The van der Waals surface area contributed by atoms with E-state index < -0.39 is 6.36 Å². The molecule has 3 aromatic rings. The normalized spacial score (nSPS) is 17.5. The number of aromatic hydroxyl groups is 1. The van der Waals surface area contributed by atoms with Crippen LogP contribution in [0.5, 0.6) is 17.2 Å². The topological polar surface area (TPSA) is 41.9 Å². The molecule has 1 aliphatic heterocycles. The number of phenolic OH excluding ortho intramolecular Hbond substituents is 1. The summed E-state index contributed by atoms with van der Waals surface area (Å²) in [5.41, 5.74) is 6.23. The van der Waals surface area contributed by atoms with Crippen LogP contribution < -0.4 is 9.47 Å². The van der Waals surface area contributed by atoms with Crippen LogP contribution in [0.2, 0.25) is 0 Å². The van der Waals surface area contributed by atoms with E-state index in [4.69, 9.17) is 4.74 Å². The summed E-state index contributed by atoms with van der Waals surface area (Å²) < 4.78 is 61.5. The molecule has 1 saturated heterocycles. The van der Waals surface area contributed by atoms with Gasteiger partial charge in [-0.2, -0.15) is 0 Å². The number of allylic oxidation sites excluding steroid dienone is 1. The van der Waals surface area contributed by atoms with Crippen molar-refractivity contribution in [1.82, 2.24) is 4.90 Å². The number of aryl methyl sites for hydroxylation is 2. The number of nitrogens with zero attached hydrogens (tertiary/aromatic N) is 1. The molecule has 0 aromatic heterocycles. The van der Waals surface area contributed by atoms with Gasteiger partial charge in [-0.05, 0) is 114 Å². The van der Waals surface area contributed by atoms with Gasteiger partial charge in [0.1, 0.15) is 23.4 Å². The summed E-state index contributed by atoms with van der Waals surface area (Å²) in [6.45, 7) is 3.72. The molecule has 3 aromatic carbocycles. The number of hydrogen-bond donors (Lipinski definition) is 1. The SMILES string of the molecule is C.Cc1cc(C2=C(c3ccc(O[C@H]4CCN(CCCF)C4)cc3)c3ccc(O)cc3CCC2)ccc1OC(F)(F)F. The summed E-state index contributed by atoms with van der Waals surface area (Å²) in [5, 5.41) is 10.2. The highest BCUT2D eigenvalue weighted by Gasteiger charge is 2.32. The molecule has 1 N–H and O–H groups in total. The van der Waals surface area contributed by atoms with Crippen molar-refractivity contribution in [3.05, 3.63) is 88.5 Å². The summed E-state index contributed by atoms with van der Waals surface area (Å²) >= 11 is 0. The van der Waals surface area contributed by atoms with Gasteiger partial charge in [0.2, 0.25) is 0 Å². The second-order valence-electron chi connectivity index (χ2n) is 10.5. The van der Waals surface area contributed by atoms with E-state index in [0.717, 1.165) is 84.5 Å². The predicted octanol–water partition coefficient (Wildman–Crippen LogP) is 8.34. The number of hydrogen-bond acceptors (Lipinski definition) is 4. The molecule has 4 nitrogen and oxygen atoms in total. The van der Waals surface area contributed by atoms with Gasteiger partial charge in [-0.3, -0.25) is 9.29 Å². The maximum Gasteiger partial charge on any atom is 0.573 e. The Morgan fingerprint density at radius 2 is 1.73 bits per heavy atom. The lowest BCUT2D eigenvalue weighted by atomic mass is 9.87. The Kier molecular flexibility index (Phi) is 9.64. The summed E-state index contributed by atoms with van der Waals surface area (Å²) in [6, 6.07) is 18.1. The number of benzene rings is 3. The van der Waals surface area contributed by atoms with Crippen molar-refractivity contribution in [3.8, 4) is 17.2 Å². The first kappa shape index (κ1) is 30.4. The Morgan fingerprint density at radius 3 is 2.44 bits per heavy atom. The van der Waals surface area contributed by atoms with Gasteiger partial charge < -0.3 is 14.6 Å². The predicted molar refractivity (Wildman–Crippen MR) is 154 cm³/mol. The first-order chi connectivity index (χ1) is 19.2. The van der Waals surface area contributed by atoms with E-state index >= 15 is 0 Å². The summed E-state index contributed by atoms with van der Waals surface area (Å²) in [5.74, 6) is 0.744. The molecule has 0 amide bonds. The molecule has 1 aliphatic carbocycles. The zero-order chi connectivity index (χ0) is 28.3. The van der Waals surface area contributed by atoms with E-state index in [9.17, 15) is 22.7 Å². The van der Waals surface area contributed by atoms with Gasteiger partial charge in [0.15, 0.2) is 0 Å². The summed E-state index contributed by atoms with van der Waals surface area (Å²) in [4.78, 5) is 2.22. The molecule has 1 fully saturated rings. The van der Waals surface area contributed by atoms with Crippen molar-refractivity contribution in [2.45, 2.75) is 58.9 Å². The molecule has 0 bridgehead atoms. The lowest BCUT2D eigenvalue weighted by Gasteiger charge is -2.19. The fourth-order valence-electron chi connectivity index (χ4n) is 5.74. The van der Waals surface area contributed by atoms with Crippen LogP contribution in [0.3, 0.4) is 0 Å². The molecule has 0 unspecified atom stereocenters. The molecule has 1 heterocycles. The van der Waals surface area contributed by atoms with Crippen LogP contribution in [0.25, 0.3) is 11.1 Å². The zero-order valence-corrected chi connectivity index (χ0v) is 22.4. The van der Waals surface area contributed by atoms with E-state index in [-0.39, 0.29) is 31.7 Å². The molecule has 2 aliphatic rings. The van der Waals surface area contributed by atoms with Crippen molar-refractivity contribution >= 4 is 11.1 Å². The van der Waals surface area contributed by atoms with Gasteiger partial charge in [0.25, 0.3) is 0 Å². The standard InChI is InChI=1S/C32H33F4NO3.CH4/c1-21-18-24(8-13-30(21)40-32(34,35)36)28-5-2-4-23-19-25(38)9-12-29(23)31(28)22-6-10-26(11-7-22)39-27-14-17-37(20-27)16-3-15-33;/h6-13,18-19,27,38H,2-5,14-17,20H2,1H3;1H4/t27-;/m0./s1. The number of phenols is 1. The molecule has 1 atom stereocenters. The molecule has 0 radical (unpaired) electrons. The average molecular weight is 572 g/mol. The average Bonchev–Trinajstić information content (AvgIpc) is 3.27. The lowest BCUT2D eigenvalue weighted by Crippen LogP contribution is -2.26. The first-order valence-corrected chi connectivity index (χ1v) is 13.7. The van der Waals surface area contributed by atoms with E-state index in [1.807, 2.05) is 30.3 Å². The maximum atomic E-state index is 12.9. The van der Waals surface area contributed by atoms with Crippen molar-refractivity contribution in [2.24, 2.45) is 0 Å². The van der Waals surface area contributed by atoms with E-state index in [0.29, 0.717) is 12.0 Å². The minimum Gasteiger partial charge on any atom is -0.508 e. The molecule has 220 valence electrons. The smallest absolute Gasteiger partial charge is 0.508 e. The van der Waals surface area contributed by atoms with Crippen molar-refractivity contribution in [1.29, 1.82) is 0 Å². The van der Waals surface area contributed by atoms with Crippen molar-refractivity contribution < 1.29 is 32.1 Å². The van der Waals surface area contributed by atoms with Gasteiger partial charge in [0, 0.05) is 19.6 Å². The fraction of sp³-hybridized carbons (Fsp3) is 0.394. The van der Waals surface area contributed by atoms with Crippen molar-refractivity contribution in [2.75, 3.05) is 26.3 Å². The minimum atomic E-state index is -4.76. The number of ether oxygens (including phenoxy) is 2. The number of halogens is 4. The molecular formula is C33H37F4NO3. The highest BCUT2D eigenvalue weighted by Crippen LogP contribution is 2.42. The third-order valence-electron chi connectivity index (χ3n) is 7.56. The molecular weight excluding hydrogens is 534 g/mol. The molecule has 5 rings (SSSR count). The van der Waals surface area contributed by atoms with Crippen LogP contribution in [0.4, 0.5) is 17.6 Å². The summed E-state index contributed by atoms with van der Waals surface area (Å²) in [7, 11) is 0. The van der Waals surface area contributed by atoms with Gasteiger partial charge in [-0.1, -0.05) is 31.7 Å². The molecule has 0 spiro atoms. The zero-order valence-electron chi connectivity index (χ0n) is 22.4. The van der Waals surface area contributed by atoms with Gasteiger partial charge in [0.05, 0.1) is 6.67 Å². The van der Waals surface area contributed by atoms with Crippen LogP contribution in [-0.2, 0) is 6.42 Å². The van der Waals surface area contributed by atoms with Gasteiger partial charge in [-0.25, -0.2) is 0 Å². The van der Waals surface area contributed by atoms with Gasteiger partial charge in [-0.15, -0.1) is 13.2 Å². The van der Waals surface area contributed by atoms with E-state index in [1.54, 1.807) is 31.2 Å². The second-order valence-corrected chi connectivity index (χ2v) is 10.5. The molecule has 41 heavy (non-hydrogen) atoms. The fourth-order valence-corrected chi connectivity index (χ4v) is 5.74. The van der Waals surface area contributed by atoms with Crippen LogP contribution in [-0.4, -0.2) is 48.8 Å². The Balaban J connectivity index is 0.00000387. The Labute approximate surface area is 239 Å². The number of fused-ring (bicyclic) bond motifs is 1. The highest BCUT2D eigenvalue weighted by atomic mass is 19.4. The lowest BCUT2D eigenvalue weighted by molar-refractivity contribution is -0.274. The molecule has 8 heteroatoms. The Morgan fingerprint density at radius 1 is 0.976 bits per heavy atom. The third-order valence-corrected chi connectivity index (χ3v) is 7.56.